The van der Waals surface area contributed by atoms with Gasteiger partial charge in [-0.05, 0) is 55.1 Å². The molecule has 28 heavy (non-hydrogen) atoms. The number of nitro groups is 1. The number of non-ortho nitro benzene ring substituents is 1. The van der Waals surface area contributed by atoms with E-state index in [0.717, 1.165) is 36.0 Å². The number of hydrogen-bond donors (Lipinski definition) is 0. The van der Waals surface area contributed by atoms with Gasteiger partial charge in [-0.3, -0.25) is 19.8 Å². The zero-order valence-corrected chi connectivity index (χ0v) is 16.1. The average Bonchev–Trinajstić information content (AvgIpc) is 2.95. The van der Waals surface area contributed by atoms with Crippen LogP contribution in [0.4, 0.5) is 5.69 Å². The number of nitro benzene ring substituents is 1. The van der Waals surface area contributed by atoms with Crippen molar-refractivity contribution in [1.82, 2.24) is 4.90 Å². The van der Waals surface area contributed by atoms with Crippen molar-refractivity contribution < 1.29 is 14.5 Å². The number of carbonyl (C=O) groups is 1. The lowest BCUT2D eigenvalue weighted by molar-refractivity contribution is -0.384. The first-order chi connectivity index (χ1) is 13.5. The zero-order valence-electron chi connectivity index (χ0n) is 16.1. The van der Waals surface area contributed by atoms with Crippen LogP contribution in [0.5, 0.6) is 0 Å². The summed E-state index contributed by atoms with van der Waals surface area (Å²) >= 11 is 0. The Morgan fingerprint density at radius 2 is 1.68 bits per heavy atom. The summed E-state index contributed by atoms with van der Waals surface area (Å²) in [5.74, 6) is -0.104. The van der Waals surface area contributed by atoms with E-state index in [1.807, 2.05) is 12.1 Å². The van der Waals surface area contributed by atoms with E-state index in [-0.39, 0.29) is 29.5 Å². The SMILES string of the molecule is COC(=O)C1C(c2ccc(-c3ccc([N+](=O)[O-])cc3)cc2)C[C@H]2CC[C@@H]1N2C. The smallest absolute Gasteiger partial charge is 0.310 e. The molecule has 2 aliphatic rings. The predicted octanol–water partition coefficient (Wildman–Crippen LogP) is 4.00. The van der Waals surface area contributed by atoms with Crippen molar-refractivity contribution in [2.75, 3.05) is 14.2 Å². The maximum Gasteiger partial charge on any atom is 0.310 e. The van der Waals surface area contributed by atoms with Crippen LogP contribution in [0.25, 0.3) is 11.1 Å². The first-order valence-electron chi connectivity index (χ1n) is 9.64. The van der Waals surface area contributed by atoms with Gasteiger partial charge in [-0.1, -0.05) is 24.3 Å². The molecule has 0 spiro atoms. The molecular formula is C22H24N2O4. The third-order valence-corrected chi connectivity index (χ3v) is 6.49. The molecule has 0 N–H and O–H groups in total. The summed E-state index contributed by atoms with van der Waals surface area (Å²) < 4.78 is 5.14. The van der Waals surface area contributed by atoms with Gasteiger partial charge in [0.1, 0.15) is 0 Å². The van der Waals surface area contributed by atoms with Crippen LogP contribution in [-0.4, -0.2) is 42.0 Å². The van der Waals surface area contributed by atoms with Gasteiger partial charge in [0.05, 0.1) is 18.0 Å². The molecule has 2 aromatic rings. The standard InChI is InChI=1S/C22H24N2O4/c1-23-18-11-12-20(23)21(22(25)28-2)19(13-18)16-5-3-14(4-6-16)15-7-9-17(10-8-15)24(26)27/h3-10,18-21H,11-13H2,1-2H3/t18-,19?,20+,21?/m1/s1. The van der Waals surface area contributed by atoms with Crippen LogP contribution in [0.2, 0.25) is 0 Å². The van der Waals surface area contributed by atoms with Crippen LogP contribution in [-0.2, 0) is 9.53 Å². The second kappa shape index (κ2) is 7.36. The average molecular weight is 380 g/mol. The molecule has 2 aliphatic heterocycles. The topological polar surface area (TPSA) is 72.7 Å². The van der Waals surface area contributed by atoms with Gasteiger partial charge in [0.2, 0.25) is 0 Å². The van der Waals surface area contributed by atoms with Crippen molar-refractivity contribution in [3.05, 3.63) is 64.2 Å². The molecule has 6 heteroatoms. The fourth-order valence-electron chi connectivity index (χ4n) is 4.97. The van der Waals surface area contributed by atoms with Gasteiger partial charge in [-0.15, -0.1) is 0 Å². The highest BCUT2D eigenvalue weighted by Crippen LogP contribution is 2.46. The lowest BCUT2D eigenvalue weighted by Crippen LogP contribution is -2.49. The Morgan fingerprint density at radius 1 is 1.07 bits per heavy atom. The summed E-state index contributed by atoms with van der Waals surface area (Å²) in [6, 6.07) is 15.6. The van der Waals surface area contributed by atoms with E-state index < -0.39 is 4.92 Å². The molecule has 4 rings (SSSR count). The molecule has 0 amide bonds. The van der Waals surface area contributed by atoms with Crippen LogP contribution in [0, 0.1) is 16.0 Å². The van der Waals surface area contributed by atoms with Crippen molar-refractivity contribution in [2.24, 2.45) is 5.92 Å². The summed E-state index contributed by atoms with van der Waals surface area (Å²) in [4.78, 5) is 25.3. The van der Waals surface area contributed by atoms with Crippen LogP contribution in [0.15, 0.2) is 48.5 Å². The van der Waals surface area contributed by atoms with E-state index >= 15 is 0 Å². The normalized spacial score (nSPS) is 26.8. The molecule has 2 unspecified atom stereocenters. The molecular weight excluding hydrogens is 356 g/mol. The molecule has 4 atom stereocenters. The van der Waals surface area contributed by atoms with Gasteiger partial charge in [0, 0.05) is 30.1 Å². The van der Waals surface area contributed by atoms with Gasteiger partial charge >= 0.3 is 5.97 Å². The fourth-order valence-corrected chi connectivity index (χ4v) is 4.97. The van der Waals surface area contributed by atoms with E-state index in [9.17, 15) is 14.9 Å². The van der Waals surface area contributed by atoms with Crippen LogP contribution in [0.3, 0.4) is 0 Å². The van der Waals surface area contributed by atoms with Gasteiger partial charge in [0.15, 0.2) is 0 Å². The number of piperidine rings is 1. The Bertz CT molecular complexity index is 878. The third-order valence-electron chi connectivity index (χ3n) is 6.49. The first kappa shape index (κ1) is 18.6. The molecule has 2 fully saturated rings. The quantitative estimate of drug-likeness (QED) is 0.455. The van der Waals surface area contributed by atoms with Gasteiger partial charge in [0.25, 0.3) is 5.69 Å². The Kier molecular flexibility index (Phi) is 4.89. The molecule has 2 bridgehead atoms. The van der Waals surface area contributed by atoms with Gasteiger partial charge in [-0.2, -0.15) is 0 Å². The van der Waals surface area contributed by atoms with E-state index in [1.165, 1.54) is 19.2 Å². The second-order valence-electron chi connectivity index (χ2n) is 7.78. The summed E-state index contributed by atoms with van der Waals surface area (Å²) in [6.45, 7) is 0. The number of methoxy groups -OCH3 is 1. The highest BCUT2D eigenvalue weighted by atomic mass is 16.6. The first-order valence-corrected chi connectivity index (χ1v) is 9.64. The molecule has 146 valence electrons. The maximum atomic E-state index is 12.6. The largest absolute Gasteiger partial charge is 0.469 e. The van der Waals surface area contributed by atoms with E-state index in [4.69, 9.17) is 4.74 Å². The molecule has 0 saturated carbocycles. The Morgan fingerprint density at radius 3 is 2.25 bits per heavy atom. The zero-order chi connectivity index (χ0) is 19.8. The molecule has 6 nitrogen and oxygen atoms in total. The molecule has 0 aromatic heterocycles. The number of fused-ring (bicyclic) bond motifs is 2. The van der Waals surface area contributed by atoms with Crippen LogP contribution >= 0.6 is 0 Å². The summed E-state index contributed by atoms with van der Waals surface area (Å²) in [5.41, 5.74) is 3.18. The Hall–Kier alpha value is -2.73. The molecule has 0 aliphatic carbocycles. The van der Waals surface area contributed by atoms with Crippen molar-refractivity contribution in [1.29, 1.82) is 0 Å². The predicted molar refractivity (Wildman–Crippen MR) is 106 cm³/mol. The Labute approximate surface area is 164 Å². The number of nitrogens with zero attached hydrogens (tertiary/aromatic N) is 2. The fraction of sp³-hybridized carbons (Fsp3) is 0.409. The second-order valence-corrected chi connectivity index (χ2v) is 7.78. The van der Waals surface area contributed by atoms with Crippen molar-refractivity contribution in [3.8, 4) is 11.1 Å². The minimum absolute atomic E-state index is 0.0862. The van der Waals surface area contributed by atoms with Crippen LogP contribution in [0.1, 0.15) is 30.7 Å². The minimum Gasteiger partial charge on any atom is -0.469 e. The number of benzene rings is 2. The van der Waals surface area contributed by atoms with Crippen LogP contribution < -0.4 is 0 Å². The lowest BCUT2D eigenvalue weighted by atomic mass is 9.76. The van der Waals surface area contributed by atoms with Crippen molar-refractivity contribution >= 4 is 11.7 Å². The Balaban J connectivity index is 1.60. The number of rotatable bonds is 4. The molecule has 2 saturated heterocycles. The number of carbonyl (C=O) groups excluding carboxylic acids is 1. The minimum atomic E-state index is -0.395. The number of hydrogen-bond acceptors (Lipinski definition) is 5. The highest BCUT2D eigenvalue weighted by molar-refractivity contribution is 5.75. The summed E-state index contributed by atoms with van der Waals surface area (Å²) in [7, 11) is 3.59. The van der Waals surface area contributed by atoms with Gasteiger partial charge < -0.3 is 4.74 Å². The highest BCUT2D eigenvalue weighted by Gasteiger charge is 2.49. The number of ether oxygens (including phenoxy) is 1. The van der Waals surface area contributed by atoms with Crippen molar-refractivity contribution in [3.63, 3.8) is 0 Å². The molecule has 2 aromatic carbocycles. The van der Waals surface area contributed by atoms with E-state index in [0.29, 0.717) is 6.04 Å². The van der Waals surface area contributed by atoms with Gasteiger partial charge in [-0.25, -0.2) is 0 Å². The molecule has 0 radical (unpaired) electrons. The van der Waals surface area contributed by atoms with Crippen molar-refractivity contribution in [2.45, 2.75) is 37.3 Å². The summed E-state index contributed by atoms with van der Waals surface area (Å²) in [5, 5.41) is 10.8. The lowest BCUT2D eigenvalue weighted by Gasteiger charge is -2.41. The third kappa shape index (κ3) is 3.18. The summed E-state index contributed by atoms with van der Waals surface area (Å²) in [6.07, 6.45) is 3.13. The van der Waals surface area contributed by atoms with E-state index in [2.05, 4.69) is 24.1 Å². The maximum absolute atomic E-state index is 12.6. The van der Waals surface area contributed by atoms with E-state index in [1.54, 1.807) is 12.1 Å². The number of esters is 1. The molecule has 2 heterocycles. The monoisotopic (exact) mass is 380 g/mol.